The lowest BCUT2D eigenvalue weighted by atomic mass is 10.3. The quantitative estimate of drug-likeness (QED) is 0.855. The Balaban J connectivity index is 2.57. The molecule has 5 nitrogen and oxygen atoms in total. The number of fused-ring (bicyclic) bond motifs is 1. The summed E-state index contributed by atoms with van der Waals surface area (Å²) >= 11 is 1.52. The van der Waals surface area contributed by atoms with Gasteiger partial charge in [0, 0.05) is 4.88 Å². The summed E-state index contributed by atoms with van der Waals surface area (Å²) in [5, 5.41) is 18.9. The molecular weight excluding hydrogens is 252 g/mol. The van der Waals surface area contributed by atoms with Crippen molar-refractivity contribution < 1.29 is 10.2 Å². The van der Waals surface area contributed by atoms with Crippen LogP contribution in [0.1, 0.15) is 17.6 Å². The molecule has 0 amide bonds. The Bertz CT molecular complexity index is 618. The van der Waals surface area contributed by atoms with E-state index >= 15 is 0 Å². The van der Waals surface area contributed by atoms with Crippen LogP contribution in [-0.4, -0.2) is 32.5 Å². The van der Waals surface area contributed by atoms with Gasteiger partial charge in [0.25, 0.3) is 5.56 Å². The Kier molecular flexibility index (Phi) is 3.79. The highest BCUT2D eigenvalue weighted by molar-refractivity contribution is 7.18. The smallest absolute Gasteiger partial charge is 0.262 e. The molecule has 18 heavy (non-hydrogen) atoms. The zero-order chi connectivity index (χ0) is 13.3. The number of rotatable bonds is 4. The summed E-state index contributed by atoms with van der Waals surface area (Å²) in [6, 6.07) is 1.86. The zero-order valence-electron chi connectivity index (χ0n) is 10.4. The summed E-state index contributed by atoms with van der Waals surface area (Å²) in [4.78, 5) is 18.5. The van der Waals surface area contributed by atoms with E-state index in [1.54, 1.807) is 6.92 Å². The molecule has 0 saturated carbocycles. The molecule has 0 aliphatic rings. The topological polar surface area (TPSA) is 75.4 Å². The van der Waals surface area contributed by atoms with E-state index in [2.05, 4.69) is 4.98 Å². The second-order valence-corrected chi connectivity index (χ2v) is 5.31. The minimum atomic E-state index is -0.940. The second-order valence-electron chi connectivity index (χ2n) is 4.20. The van der Waals surface area contributed by atoms with Crippen LogP contribution in [-0.2, 0) is 13.0 Å². The van der Waals surface area contributed by atoms with Gasteiger partial charge < -0.3 is 10.2 Å². The van der Waals surface area contributed by atoms with Gasteiger partial charge in [-0.15, -0.1) is 11.3 Å². The predicted molar refractivity (Wildman–Crippen MR) is 71.1 cm³/mol. The van der Waals surface area contributed by atoms with Crippen molar-refractivity contribution in [1.82, 2.24) is 9.55 Å². The molecule has 2 heterocycles. The van der Waals surface area contributed by atoms with Gasteiger partial charge in [-0.1, -0.05) is 6.92 Å². The second kappa shape index (κ2) is 5.17. The van der Waals surface area contributed by atoms with Crippen LogP contribution in [0.15, 0.2) is 10.9 Å². The Labute approximate surface area is 108 Å². The van der Waals surface area contributed by atoms with E-state index in [1.165, 1.54) is 15.9 Å². The van der Waals surface area contributed by atoms with Crippen molar-refractivity contribution in [2.24, 2.45) is 0 Å². The van der Waals surface area contributed by atoms with Crippen molar-refractivity contribution in [2.75, 3.05) is 6.61 Å². The molecule has 0 fully saturated rings. The molecule has 0 bridgehead atoms. The maximum atomic E-state index is 12.3. The highest BCUT2D eigenvalue weighted by Crippen LogP contribution is 2.21. The fourth-order valence-corrected chi connectivity index (χ4v) is 2.83. The third-order valence-electron chi connectivity index (χ3n) is 2.85. The molecule has 2 N–H and O–H groups in total. The first kappa shape index (κ1) is 13.2. The summed E-state index contributed by atoms with van der Waals surface area (Å²) in [7, 11) is 0. The lowest BCUT2D eigenvalue weighted by molar-refractivity contribution is 0.0797. The summed E-state index contributed by atoms with van der Waals surface area (Å²) in [5.74, 6) is 0.560. The van der Waals surface area contributed by atoms with Gasteiger partial charge in [0.1, 0.15) is 10.7 Å². The molecule has 98 valence electrons. The zero-order valence-corrected chi connectivity index (χ0v) is 11.2. The average molecular weight is 268 g/mol. The van der Waals surface area contributed by atoms with Gasteiger partial charge in [-0.2, -0.15) is 0 Å². The van der Waals surface area contributed by atoms with Crippen molar-refractivity contribution in [3.8, 4) is 0 Å². The van der Waals surface area contributed by atoms with Gasteiger partial charge in [-0.05, 0) is 19.4 Å². The number of hydrogen-bond donors (Lipinski definition) is 2. The van der Waals surface area contributed by atoms with Crippen LogP contribution in [0.25, 0.3) is 10.2 Å². The number of aryl methyl sites for hydroxylation is 2. The van der Waals surface area contributed by atoms with Crippen LogP contribution < -0.4 is 5.56 Å². The van der Waals surface area contributed by atoms with Gasteiger partial charge >= 0.3 is 0 Å². The third kappa shape index (κ3) is 2.31. The first-order valence-electron chi connectivity index (χ1n) is 5.85. The number of hydrogen-bond acceptors (Lipinski definition) is 5. The van der Waals surface area contributed by atoms with E-state index in [9.17, 15) is 9.90 Å². The first-order chi connectivity index (χ1) is 8.56. The number of thiophene rings is 1. The molecule has 0 aliphatic heterocycles. The van der Waals surface area contributed by atoms with Crippen molar-refractivity contribution in [3.05, 3.63) is 27.1 Å². The van der Waals surface area contributed by atoms with Crippen LogP contribution >= 0.6 is 11.3 Å². The molecule has 0 aliphatic carbocycles. The fourth-order valence-electron chi connectivity index (χ4n) is 1.83. The van der Waals surface area contributed by atoms with Crippen molar-refractivity contribution in [1.29, 1.82) is 0 Å². The Hall–Kier alpha value is -1.24. The SMILES string of the molecule is CCc1cc2c(=O)n(C[C@@H](O)CO)c(C)nc2s1. The van der Waals surface area contributed by atoms with Gasteiger partial charge in [0.05, 0.1) is 24.6 Å². The molecule has 0 spiro atoms. The maximum absolute atomic E-state index is 12.3. The standard InChI is InChI=1S/C12H16N2O3S/c1-3-9-4-10-11(18-9)13-7(2)14(12(10)17)5-8(16)6-15/h4,8,15-16H,3,5-6H2,1-2H3/t8-/m1/s1. The Morgan fingerprint density at radius 3 is 2.89 bits per heavy atom. The van der Waals surface area contributed by atoms with Crippen LogP contribution in [0, 0.1) is 6.92 Å². The molecule has 0 radical (unpaired) electrons. The van der Waals surface area contributed by atoms with E-state index < -0.39 is 6.10 Å². The van der Waals surface area contributed by atoms with E-state index in [-0.39, 0.29) is 18.7 Å². The molecule has 1 atom stereocenters. The van der Waals surface area contributed by atoms with Gasteiger partial charge in [0.2, 0.25) is 0 Å². The Morgan fingerprint density at radius 2 is 2.28 bits per heavy atom. The molecule has 2 aromatic rings. The number of aliphatic hydroxyl groups is 2. The summed E-state index contributed by atoms with van der Waals surface area (Å²) in [6.07, 6.45) is -0.0661. The van der Waals surface area contributed by atoms with Crippen LogP contribution in [0.2, 0.25) is 0 Å². The summed E-state index contributed by atoms with van der Waals surface area (Å²) in [6.45, 7) is 3.47. The predicted octanol–water partition coefficient (Wildman–Crippen LogP) is 0.682. The van der Waals surface area contributed by atoms with E-state index in [4.69, 9.17) is 5.11 Å². The minimum Gasteiger partial charge on any atom is -0.394 e. The lowest BCUT2D eigenvalue weighted by Crippen LogP contribution is -2.30. The first-order valence-corrected chi connectivity index (χ1v) is 6.67. The summed E-state index contributed by atoms with van der Waals surface area (Å²) < 4.78 is 1.41. The van der Waals surface area contributed by atoms with Crippen molar-refractivity contribution in [2.45, 2.75) is 32.9 Å². The molecular formula is C12H16N2O3S. The molecule has 6 heteroatoms. The molecule has 2 rings (SSSR count). The lowest BCUT2D eigenvalue weighted by Gasteiger charge is -2.12. The van der Waals surface area contributed by atoms with Crippen LogP contribution in [0.5, 0.6) is 0 Å². The van der Waals surface area contributed by atoms with Crippen LogP contribution in [0.4, 0.5) is 0 Å². The highest BCUT2D eigenvalue weighted by Gasteiger charge is 2.13. The minimum absolute atomic E-state index is 0.0708. The molecule has 0 saturated heterocycles. The molecule has 0 aromatic carbocycles. The van der Waals surface area contributed by atoms with Crippen molar-refractivity contribution in [3.63, 3.8) is 0 Å². The van der Waals surface area contributed by atoms with Crippen LogP contribution in [0.3, 0.4) is 0 Å². The maximum Gasteiger partial charge on any atom is 0.262 e. The number of nitrogens with zero attached hydrogens (tertiary/aromatic N) is 2. The average Bonchev–Trinajstić information content (AvgIpc) is 2.77. The normalized spacial score (nSPS) is 13.1. The number of aliphatic hydroxyl groups excluding tert-OH is 2. The van der Waals surface area contributed by atoms with Crippen molar-refractivity contribution >= 4 is 21.6 Å². The molecule has 0 unspecified atom stereocenters. The fraction of sp³-hybridized carbons (Fsp3) is 0.500. The van der Waals surface area contributed by atoms with Gasteiger partial charge in [-0.3, -0.25) is 9.36 Å². The monoisotopic (exact) mass is 268 g/mol. The van der Waals surface area contributed by atoms with E-state index in [0.29, 0.717) is 11.2 Å². The number of aromatic nitrogens is 2. The third-order valence-corrected chi connectivity index (χ3v) is 4.02. The molecule has 2 aromatic heterocycles. The highest BCUT2D eigenvalue weighted by atomic mass is 32.1. The largest absolute Gasteiger partial charge is 0.394 e. The van der Waals surface area contributed by atoms with E-state index in [0.717, 1.165) is 16.1 Å². The van der Waals surface area contributed by atoms with Gasteiger partial charge in [0.15, 0.2) is 0 Å². The Morgan fingerprint density at radius 1 is 1.56 bits per heavy atom. The van der Waals surface area contributed by atoms with E-state index in [1.807, 2.05) is 13.0 Å². The van der Waals surface area contributed by atoms with Gasteiger partial charge in [-0.25, -0.2) is 4.98 Å². The summed E-state index contributed by atoms with van der Waals surface area (Å²) in [5.41, 5.74) is -0.152.